The van der Waals surface area contributed by atoms with E-state index >= 15 is 0 Å². The van der Waals surface area contributed by atoms with Gasteiger partial charge >= 0.3 is 5.97 Å². The molecule has 0 aromatic heterocycles. The van der Waals surface area contributed by atoms with Crippen molar-refractivity contribution < 1.29 is 19.3 Å². The van der Waals surface area contributed by atoms with Crippen LogP contribution in [-0.4, -0.2) is 30.1 Å². The minimum absolute atomic E-state index is 0.0970. The van der Waals surface area contributed by atoms with Crippen LogP contribution in [0.1, 0.15) is 20.8 Å². The molecule has 0 atom stereocenters. The van der Waals surface area contributed by atoms with Gasteiger partial charge in [-0.15, -0.1) is 0 Å². The van der Waals surface area contributed by atoms with E-state index in [2.05, 4.69) is 0 Å². The van der Waals surface area contributed by atoms with Crippen LogP contribution < -0.4 is 0 Å². The number of rotatable bonds is 4. The second-order valence-corrected chi connectivity index (χ2v) is 4.32. The summed E-state index contributed by atoms with van der Waals surface area (Å²) in [7, 11) is 0. The molecule has 2 heterocycles. The fraction of sp³-hybridized carbons (Fsp3) is 1.00. The number of hydrogen-bond donors (Lipinski definition) is 1. The van der Waals surface area contributed by atoms with Gasteiger partial charge in [0.2, 0.25) is 0 Å². The Hall–Kier alpha value is -0.160. The van der Waals surface area contributed by atoms with Crippen molar-refractivity contribution in [2.24, 2.45) is 5.41 Å². The summed E-state index contributed by atoms with van der Waals surface area (Å²) in [5.74, 6) is -1.22. The standard InChI is InChI=1S/C8H14O4/c1-6(2,4-9)5-10-8-7(3,11-8)12-8/h9H,4-5H2,1-3H3. The van der Waals surface area contributed by atoms with E-state index < -0.39 is 11.8 Å². The van der Waals surface area contributed by atoms with Crippen LogP contribution in [-0.2, 0) is 14.2 Å². The van der Waals surface area contributed by atoms with Crippen molar-refractivity contribution in [1.82, 2.24) is 0 Å². The Balaban J connectivity index is 1.77. The van der Waals surface area contributed by atoms with Crippen LogP contribution in [0.15, 0.2) is 0 Å². The lowest BCUT2D eigenvalue weighted by Gasteiger charge is -2.20. The van der Waals surface area contributed by atoms with E-state index in [4.69, 9.17) is 19.3 Å². The molecule has 0 unspecified atom stereocenters. The summed E-state index contributed by atoms with van der Waals surface area (Å²) in [5, 5.41) is 8.93. The molecule has 2 aliphatic rings. The van der Waals surface area contributed by atoms with Crippen molar-refractivity contribution in [1.29, 1.82) is 0 Å². The molecule has 0 bridgehead atoms. The van der Waals surface area contributed by atoms with Crippen LogP contribution in [0.2, 0.25) is 0 Å². The van der Waals surface area contributed by atoms with Crippen molar-refractivity contribution in [3.63, 3.8) is 0 Å². The van der Waals surface area contributed by atoms with Gasteiger partial charge in [0, 0.05) is 5.41 Å². The maximum absolute atomic E-state index is 8.93. The molecule has 12 heavy (non-hydrogen) atoms. The van der Waals surface area contributed by atoms with Crippen LogP contribution in [0.5, 0.6) is 0 Å². The number of hydrogen-bond acceptors (Lipinski definition) is 4. The first kappa shape index (κ1) is 8.44. The fourth-order valence-electron chi connectivity index (χ4n) is 0.995. The Kier molecular flexibility index (Phi) is 1.41. The molecular formula is C8H14O4. The van der Waals surface area contributed by atoms with E-state index in [-0.39, 0.29) is 12.0 Å². The molecule has 0 aromatic carbocycles. The van der Waals surface area contributed by atoms with Crippen LogP contribution >= 0.6 is 0 Å². The monoisotopic (exact) mass is 174 g/mol. The first-order valence-electron chi connectivity index (χ1n) is 4.08. The first-order valence-corrected chi connectivity index (χ1v) is 4.08. The molecule has 2 rings (SSSR count). The van der Waals surface area contributed by atoms with E-state index in [0.717, 1.165) is 0 Å². The van der Waals surface area contributed by atoms with Gasteiger partial charge in [-0.3, -0.25) is 9.47 Å². The van der Waals surface area contributed by atoms with E-state index in [1.165, 1.54) is 0 Å². The quantitative estimate of drug-likeness (QED) is 0.629. The highest BCUT2D eigenvalue weighted by Crippen LogP contribution is 2.67. The number of fused-ring (bicyclic) bond motifs is 1. The highest BCUT2D eigenvalue weighted by Gasteiger charge is 2.91. The summed E-state index contributed by atoms with van der Waals surface area (Å²) in [6, 6.07) is 0. The largest absolute Gasteiger partial charge is 0.396 e. The lowest BCUT2D eigenvalue weighted by atomic mass is 9.97. The Bertz CT molecular complexity index is 200. The molecule has 2 fully saturated rings. The van der Waals surface area contributed by atoms with Gasteiger partial charge in [0.25, 0.3) is 5.79 Å². The Morgan fingerprint density at radius 2 is 1.92 bits per heavy atom. The first-order chi connectivity index (χ1) is 5.43. The lowest BCUT2D eigenvalue weighted by molar-refractivity contribution is -0.220. The van der Waals surface area contributed by atoms with Crippen molar-refractivity contribution in [2.75, 3.05) is 13.2 Å². The number of ether oxygens (including phenoxy) is 3. The third kappa shape index (κ3) is 1.07. The summed E-state index contributed by atoms with van der Waals surface area (Å²) in [5.41, 5.74) is -0.229. The van der Waals surface area contributed by atoms with Gasteiger partial charge in [0.1, 0.15) is 0 Å². The molecule has 0 radical (unpaired) electrons. The van der Waals surface area contributed by atoms with Crippen molar-refractivity contribution in [3.8, 4) is 0 Å². The summed E-state index contributed by atoms with van der Waals surface area (Å²) >= 11 is 0. The minimum atomic E-state index is -0.751. The normalized spacial score (nSPS) is 44.0. The zero-order valence-electron chi connectivity index (χ0n) is 7.59. The van der Waals surface area contributed by atoms with Gasteiger partial charge in [-0.25, -0.2) is 0 Å². The van der Waals surface area contributed by atoms with E-state index in [9.17, 15) is 0 Å². The number of aliphatic hydroxyl groups excluding tert-OH is 1. The summed E-state index contributed by atoms with van der Waals surface area (Å²) in [6.45, 7) is 6.22. The average molecular weight is 174 g/mol. The molecule has 4 heteroatoms. The molecule has 2 saturated heterocycles. The minimum Gasteiger partial charge on any atom is -0.396 e. The molecule has 2 aliphatic heterocycles. The molecule has 0 aromatic rings. The predicted octanol–water partition coefficient (Wildman–Crippen LogP) is 0.452. The summed E-state index contributed by atoms with van der Waals surface area (Å²) in [4.78, 5) is 0. The van der Waals surface area contributed by atoms with Crippen molar-refractivity contribution in [2.45, 2.75) is 32.5 Å². The molecular weight excluding hydrogens is 160 g/mol. The van der Waals surface area contributed by atoms with Crippen LogP contribution in [0.25, 0.3) is 0 Å². The van der Waals surface area contributed by atoms with Gasteiger partial charge < -0.3 is 9.84 Å². The van der Waals surface area contributed by atoms with Crippen LogP contribution in [0.4, 0.5) is 0 Å². The third-order valence-electron chi connectivity index (χ3n) is 2.21. The van der Waals surface area contributed by atoms with E-state index in [0.29, 0.717) is 6.61 Å². The van der Waals surface area contributed by atoms with E-state index in [1.807, 2.05) is 20.8 Å². The highest BCUT2D eigenvalue weighted by atomic mass is 17.2. The Morgan fingerprint density at radius 3 is 2.25 bits per heavy atom. The molecule has 70 valence electrons. The average Bonchev–Trinajstić information content (AvgIpc) is 2.70. The maximum Gasteiger partial charge on any atom is 0.346 e. The van der Waals surface area contributed by atoms with Gasteiger partial charge in [-0.05, 0) is 6.92 Å². The second-order valence-electron chi connectivity index (χ2n) is 4.32. The molecule has 4 nitrogen and oxygen atoms in total. The van der Waals surface area contributed by atoms with Crippen molar-refractivity contribution in [3.05, 3.63) is 0 Å². The molecule has 1 N–H and O–H groups in total. The van der Waals surface area contributed by atoms with Crippen molar-refractivity contribution >= 4 is 0 Å². The van der Waals surface area contributed by atoms with Gasteiger partial charge in [0.15, 0.2) is 0 Å². The maximum atomic E-state index is 8.93. The summed E-state index contributed by atoms with van der Waals surface area (Å²) < 4.78 is 15.6. The predicted molar refractivity (Wildman–Crippen MR) is 40.1 cm³/mol. The van der Waals surface area contributed by atoms with Gasteiger partial charge in [-0.1, -0.05) is 13.8 Å². The smallest absolute Gasteiger partial charge is 0.346 e. The topological polar surface area (TPSA) is 54.5 Å². The second kappa shape index (κ2) is 2.01. The SMILES string of the molecule is CC(C)(CO)COC12OC1(C)O2. The molecule has 0 spiro atoms. The molecule has 0 saturated carbocycles. The third-order valence-corrected chi connectivity index (χ3v) is 2.21. The lowest BCUT2D eigenvalue weighted by Crippen LogP contribution is -2.26. The fourth-order valence-corrected chi connectivity index (χ4v) is 0.995. The zero-order chi connectivity index (χ0) is 9.04. The van der Waals surface area contributed by atoms with Gasteiger partial charge in [-0.2, -0.15) is 0 Å². The van der Waals surface area contributed by atoms with Crippen LogP contribution in [0.3, 0.4) is 0 Å². The van der Waals surface area contributed by atoms with Crippen LogP contribution in [0, 0.1) is 5.41 Å². The zero-order valence-corrected chi connectivity index (χ0v) is 7.59. The number of epoxide rings is 2. The van der Waals surface area contributed by atoms with Gasteiger partial charge in [0.05, 0.1) is 13.2 Å². The summed E-state index contributed by atoms with van der Waals surface area (Å²) in [6.07, 6.45) is 0. The van der Waals surface area contributed by atoms with E-state index in [1.54, 1.807) is 0 Å². The molecule has 0 amide bonds. The Labute approximate surface area is 71.4 Å². The molecule has 0 aliphatic carbocycles. The highest BCUT2D eigenvalue weighted by molar-refractivity contribution is 5.08. The Morgan fingerprint density at radius 1 is 1.42 bits per heavy atom. The number of aliphatic hydroxyl groups is 1.